The highest BCUT2D eigenvalue weighted by molar-refractivity contribution is 7.71. The van der Waals surface area contributed by atoms with Gasteiger partial charge in [0.1, 0.15) is 16.5 Å². The lowest BCUT2D eigenvalue weighted by Gasteiger charge is -2.08. The number of rotatable bonds is 7. The Morgan fingerprint density at radius 2 is 1.55 bits per heavy atom. The van der Waals surface area contributed by atoms with Gasteiger partial charge < -0.3 is 10.6 Å². The quantitative estimate of drug-likeness (QED) is 0.520. The number of nitrogens with one attached hydrogen (secondary N) is 2. The molecule has 2 amide bonds. The van der Waals surface area contributed by atoms with Crippen LogP contribution in [0.2, 0.25) is 0 Å². The van der Waals surface area contributed by atoms with Crippen LogP contribution in [0.4, 0.5) is 5.82 Å². The fourth-order valence-corrected chi connectivity index (χ4v) is 3.16. The Kier molecular flexibility index (Phi) is 6.70. The average molecular weight is 409 g/mol. The summed E-state index contributed by atoms with van der Waals surface area (Å²) in [4.78, 5) is 28.9. The maximum Gasteiger partial charge on any atom is 0.256 e. The van der Waals surface area contributed by atoms with Gasteiger partial charge in [-0.1, -0.05) is 42.5 Å². The number of benzene rings is 2. The summed E-state index contributed by atoms with van der Waals surface area (Å²) in [6.07, 6.45) is 1.44. The van der Waals surface area contributed by atoms with Gasteiger partial charge in [-0.05, 0) is 35.4 Å². The number of amides is 2. The van der Waals surface area contributed by atoms with Gasteiger partial charge >= 0.3 is 0 Å². The number of thiol groups is 1. The van der Waals surface area contributed by atoms with Gasteiger partial charge in [0.25, 0.3) is 11.8 Å². The maximum absolute atomic E-state index is 12.4. The number of carbonyl (C=O) groups excluding carboxylic acids is 2. The van der Waals surface area contributed by atoms with Crippen molar-refractivity contribution in [1.29, 1.82) is 0 Å². The van der Waals surface area contributed by atoms with Crippen LogP contribution in [0.5, 0.6) is 0 Å². The molecule has 29 heavy (non-hydrogen) atoms. The molecule has 0 aliphatic heterocycles. The molecule has 0 saturated carbocycles. The van der Waals surface area contributed by atoms with E-state index in [4.69, 9.17) is 0 Å². The molecule has 0 radical (unpaired) electrons. The van der Waals surface area contributed by atoms with Gasteiger partial charge in [0.15, 0.2) is 0 Å². The molecule has 0 bridgehead atoms. The standard InChI is InChI=1S/C21H19N3O4S/c25-20(23-13-15-5-2-1-3-6-15)18-9-10-22-19(12-18)24-21(26)17-8-4-7-16(11-17)14-29(27)28/h1-12,29H,13-14H2,(H,23,25)(H,22,24,26). The molecule has 7 nitrogen and oxygen atoms in total. The monoisotopic (exact) mass is 409 g/mol. The SMILES string of the molecule is O=C(NCc1ccccc1)c1ccnc(NC(=O)c2cccc(C[SH](=O)=O)c2)c1. The zero-order chi connectivity index (χ0) is 20.6. The Hall–Kier alpha value is -3.52. The predicted octanol–water partition coefficient (Wildman–Crippen LogP) is 2.38. The summed E-state index contributed by atoms with van der Waals surface area (Å²) in [6.45, 7) is 0.387. The van der Waals surface area contributed by atoms with Crippen molar-refractivity contribution < 1.29 is 18.0 Å². The van der Waals surface area contributed by atoms with Gasteiger partial charge in [-0.15, -0.1) is 0 Å². The van der Waals surface area contributed by atoms with E-state index in [2.05, 4.69) is 15.6 Å². The van der Waals surface area contributed by atoms with E-state index in [9.17, 15) is 18.0 Å². The minimum absolute atomic E-state index is 0.133. The second kappa shape index (κ2) is 9.61. The van der Waals surface area contributed by atoms with Gasteiger partial charge in [-0.25, -0.2) is 13.4 Å². The van der Waals surface area contributed by atoms with Crippen molar-refractivity contribution in [3.05, 3.63) is 95.2 Å². The number of hydrogen-bond acceptors (Lipinski definition) is 5. The molecule has 0 atom stereocenters. The summed E-state index contributed by atoms with van der Waals surface area (Å²) < 4.78 is 21.7. The van der Waals surface area contributed by atoms with Gasteiger partial charge in [-0.2, -0.15) is 0 Å². The topological polar surface area (TPSA) is 105 Å². The molecule has 3 aromatic rings. The van der Waals surface area contributed by atoms with Crippen molar-refractivity contribution >= 4 is 28.3 Å². The lowest BCUT2D eigenvalue weighted by molar-refractivity contribution is 0.0949. The molecule has 0 fully saturated rings. The molecule has 3 rings (SSSR count). The Morgan fingerprint density at radius 3 is 2.31 bits per heavy atom. The van der Waals surface area contributed by atoms with E-state index in [0.717, 1.165) is 5.56 Å². The van der Waals surface area contributed by atoms with Crippen molar-refractivity contribution in [1.82, 2.24) is 10.3 Å². The van der Waals surface area contributed by atoms with E-state index in [0.29, 0.717) is 23.2 Å². The highest BCUT2D eigenvalue weighted by atomic mass is 32.2. The normalized spacial score (nSPS) is 10.5. The molecule has 148 valence electrons. The predicted molar refractivity (Wildman–Crippen MR) is 110 cm³/mol. The van der Waals surface area contributed by atoms with Gasteiger partial charge in [0.05, 0.1) is 5.75 Å². The molecule has 0 saturated heterocycles. The van der Waals surface area contributed by atoms with E-state index < -0.39 is 16.6 Å². The zero-order valence-corrected chi connectivity index (χ0v) is 16.3. The Morgan fingerprint density at radius 1 is 0.828 bits per heavy atom. The van der Waals surface area contributed by atoms with Crippen LogP contribution in [0.25, 0.3) is 0 Å². The first kappa shape index (κ1) is 20.2. The van der Waals surface area contributed by atoms with E-state index in [1.165, 1.54) is 18.3 Å². The number of hydrogen-bond donors (Lipinski definition) is 3. The van der Waals surface area contributed by atoms with Crippen LogP contribution in [-0.4, -0.2) is 25.2 Å². The molecule has 8 heteroatoms. The molecule has 1 aromatic heterocycles. The molecule has 2 aromatic carbocycles. The lowest BCUT2D eigenvalue weighted by atomic mass is 10.1. The van der Waals surface area contributed by atoms with Crippen molar-refractivity contribution in [3.63, 3.8) is 0 Å². The second-order valence-electron chi connectivity index (χ2n) is 6.24. The second-order valence-corrected chi connectivity index (χ2v) is 7.23. The lowest BCUT2D eigenvalue weighted by Crippen LogP contribution is -2.23. The summed E-state index contributed by atoms with van der Waals surface area (Å²) in [5, 5.41) is 5.44. The van der Waals surface area contributed by atoms with Crippen LogP contribution in [0, 0.1) is 0 Å². The third-order valence-corrected chi connectivity index (χ3v) is 4.68. The van der Waals surface area contributed by atoms with Crippen molar-refractivity contribution in [3.8, 4) is 0 Å². The zero-order valence-electron chi connectivity index (χ0n) is 15.4. The Bertz CT molecular complexity index is 1090. The number of carbonyl (C=O) groups is 2. The largest absolute Gasteiger partial charge is 0.348 e. The molecule has 0 aliphatic rings. The number of anilines is 1. The van der Waals surface area contributed by atoms with Crippen LogP contribution in [0.3, 0.4) is 0 Å². The Balaban J connectivity index is 1.66. The smallest absolute Gasteiger partial charge is 0.256 e. The maximum atomic E-state index is 12.4. The molecule has 1 heterocycles. The first-order valence-corrected chi connectivity index (χ1v) is 10.2. The first-order chi connectivity index (χ1) is 14.0. The highest BCUT2D eigenvalue weighted by Crippen LogP contribution is 2.12. The first-order valence-electron chi connectivity index (χ1n) is 8.81. The van der Waals surface area contributed by atoms with Gasteiger partial charge in [-0.3, -0.25) is 9.59 Å². The average Bonchev–Trinajstić information content (AvgIpc) is 2.72. The summed E-state index contributed by atoms with van der Waals surface area (Å²) in [6, 6.07) is 18.9. The van der Waals surface area contributed by atoms with E-state index >= 15 is 0 Å². The minimum atomic E-state index is -2.58. The van der Waals surface area contributed by atoms with Crippen LogP contribution in [-0.2, 0) is 23.0 Å². The molecule has 0 aliphatic carbocycles. The van der Waals surface area contributed by atoms with Crippen molar-refractivity contribution in [2.24, 2.45) is 0 Å². The van der Waals surface area contributed by atoms with E-state index in [-0.39, 0.29) is 17.5 Å². The third kappa shape index (κ3) is 5.98. The summed E-state index contributed by atoms with van der Waals surface area (Å²) >= 11 is 0. The molecule has 0 unspecified atom stereocenters. The minimum Gasteiger partial charge on any atom is -0.348 e. The van der Waals surface area contributed by atoms with Gasteiger partial charge in [0.2, 0.25) is 0 Å². The summed E-state index contributed by atoms with van der Waals surface area (Å²) in [5.74, 6) is -0.635. The summed E-state index contributed by atoms with van der Waals surface area (Å²) in [7, 11) is -2.58. The fourth-order valence-electron chi connectivity index (χ4n) is 2.67. The van der Waals surface area contributed by atoms with E-state index in [1.54, 1.807) is 24.3 Å². The molecular weight excluding hydrogens is 390 g/mol. The van der Waals surface area contributed by atoms with Crippen molar-refractivity contribution in [2.45, 2.75) is 12.3 Å². The summed E-state index contributed by atoms with van der Waals surface area (Å²) in [5.41, 5.74) is 2.17. The van der Waals surface area contributed by atoms with Crippen LogP contribution in [0.15, 0.2) is 72.9 Å². The molecule has 2 N–H and O–H groups in total. The fraction of sp³-hybridized carbons (Fsp3) is 0.0952. The number of pyridine rings is 1. The molecular formula is C21H19N3O4S. The van der Waals surface area contributed by atoms with Gasteiger partial charge in [0, 0.05) is 23.9 Å². The Labute approximate surface area is 169 Å². The van der Waals surface area contributed by atoms with Crippen LogP contribution >= 0.6 is 0 Å². The highest BCUT2D eigenvalue weighted by Gasteiger charge is 2.11. The third-order valence-electron chi connectivity index (χ3n) is 4.06. The van der Waals surface area contributed by atoms with Crippen LogP contribution in [0.1, 0.15) is 31.8 Å². The molecule has 0 spiro atoms. The number of aromatic nitrogens is 1. The van der Waals surface area contributed by atoms with E-state index in [1.807, 2.05) is 30.3 Å². The number of nitrogens with zero attached hydrogens (tertiary/aromatic N) is 1. The van der Waals surface area contributed by atoms with Crippen LogP contribution < -0.4 is 10.6 Å². The van der Waals surface area contributed by atoms with Crippen molar-refractivity contribution in [2.75, 3.05) is 5.32 Å².